The van der Waals surface area contributed by atoms with Crippen molar-refractivity contribution < 1.29 is 4.74 Å². The van der Waals surface area contributed by atoms with Gasteiger partial charge in [0, 0.05) is 37.6 Å². The Balaban J connectivity index is 1.22. The zero-order valence-corrected chi connectivity index (χ0v) is 21.1. The number of fused-ring (bicyclic) bond motifs is 1. The normalized spacial score (nSPS) is 15.1. The summed E-state index contributed by atoms with van der Waals surface area (Å²) in [5.41, 5.74) is 5.73. The predicted octanol–water partition coefficient (Wildman–Crippen LogP) is 5.17. The Hall–Kier alpha value is -3.41. The molecule has 0 saturated carbocycles. The van der Waals surface area contributed by atoms with Crippen LogP contribution in [0.15, 0.2) is 83.7 Å². The quantitative estimate of drug-likeness (QED) is 0.377. The third-order valence-electron chi connectivity index (χ3n) is 7.09. The molecule has 2 heterocycles. The Morgan fingerprint density at radius 1 is 0.806 bits per heavy atom. The van der Waals surface area contributed by atoms with Crippen LogP contribution < -0.4 is 10.3 Å². The number of nitrogens with one attached hydrogen (secondary N) is 1. The number of ether oxygens (including phenoxy) is 1. The van der Waals surface area contributed by atoms with Crippen LogP contribution in [0.3, 0.4) is 0 Å². The van der Waals surface area contributed by atoms with Crippen molar-refractivity contribution >= 4 is 10.9 Å². The fourth-order valence-electron chi connectivity index (χ4n) is 5.00. The molecule has 5 rings (SSSR count). The van der Waals surface area contributed by atoms with E-state index in [1.807, 2.05) is 42.5 Å². The minimum absolute atomic E-state index is 0.106. The number of aromatic amines is 1. The molecule has 0 aliphatic carbocycles. The van der Waals surface area contributed by atoms with Crippen LogP contribution in [0.4, 0.5) is 0 Å². The number of H-pyrrole nitrogens is 1. The summed E-state index contributed by atoms with van der Waals surface area (Å²) in [4.78, 5) is 20.3. The molecule has 1 aromatic heterocycles. The van der Waals surface area contributed by atoms with Crippen molar-refractivity contribution in [2.45, 2.75) is 32.9 Å². The molecule has 1 saturated heterocycles. The fraction of sp³-hybridized carbons (Fsp3) is 0.323. The lowest BCUT2D eigenvalue weighted by molar-refractivity contribution is 0.253. The Labute approximate surface area is 213 Å². The first-order valence-corrected chi connectivity index (χ1v) is 13.0. The Bertz CT molecular complexity index is 1330. The van der Waals surface area contributed by atoms with Crippen molar-refractivity contribution in [1.29, 1.82) is 0 Å². The Kier molecular flexibility index (Phi) is 7.79. The van der Waals surface area contributed by atoms with Gasteiger partial charge in [0.25, 0.3) is 0 Å². The van der Waals surface area contributed by atoms with Crippen LogP contribution in [0.25, 0.3) is 10.9 Å². The van der Waals surface area contributed by atoms with Crippen molar-refractivity contribution in [2.24, 2.45) is 0 Å². The smallest absolute Gasteiger partial charge is 0.248 e. The molecule has 5 nitrogen and oxygen atoms in total. The standard InChI is InChI=1S/C31H35N3O2/c1-24-8-10-25(11-9-24)22-34-18-5-17-33(20-21-34)19-16-27-12-14-29(31-28(27)13-15-30(35)32-31)36-23-26-6-3-2-4-7-26/h2-4,6-15H,5,16-23H2,1H3,(H,32,35). The first kappa shape index (κ1) is 24.3. The van der Waals surface area contributed by atoms with Gasteiger partial charge in [-0.2, -0.15) is 0 Å². The van der Waals surface area contributed by atoms with Crippen LogP contribution in [0.5, 0.6) is 5.75 Å². The molecule has 5 heteroatoms. The van der Waals surface area contributed by atoms with E-state index in [1.165, 1.54) is 23.1 Å². The van der Waals surface area contributed by atoms with E-state index in [-0.39, 0.29) is 5.56 Å². The molecular weight excluding hydrogens is 446 g/mol. The molecule has 0 amide bonds. The second-order valence-corrected chi connectivity index (χ2v) is 9.82. The number of benzene rings is 3. The first-order chi connectivity index (χ1) is 17.6. The maximum Gasteiger partial charge on any atom is 0.248 e. The third-order valence-corrected chi connectivity index (χ3v) is 7.09. The van der Waals surface area contributed by atoms with E-state index >= 15 is 0 Å². The van der Waals surface area contributed by atoms with Gasteiger partial charge in [0.2, 0.25) is 5.56 Å². The average Bonchev–Trinajstić information content (AvgIpc) is 3.13. The van der Waals surface area contributed by atoms with E-state index < -0.39 is 0 Å². The lowest BCUT2D eigenvalue weighted by Crippen LogP contribution is -2.31. The molecular formula is C31H35N3O2. The minimum atomic E-state index is -0.106. The highest BCUT2D eigenvalue weighted by Crippen LogP contribution is 2.27. The lowest BCUT2D eigenvalue weighted by Gasteiger charge is -2.22. The highest BCUT2D eigenvalue weighted by atomic mass is 16.5. The molecule has 4 aromatic rings. The minimum Gasteiger partial charge on any atom is -0.487 e. The molecule has 36 heavy (non-hydrogen) atoms. The van der Waals surface area contributed by atoms with E-state index in [2.05, 4.69) is 52.0 Å². The molecule has 1 aliphatic heterocycles. The van der Waals surface area contributed by atoms with Crippen molar-refractivity contribution in [1.82, 2.24) is 14.8 Å². The third kappa shape index (κ3) is 6.23. The Morgan fingerprint density at radius 3 is 2.42 bits per heavy atom. The zero-order chi connectivity index (χ0) is 24.7. The first-order valence-electron chi connectivity index (χ1n) is 13.0. The van der Waals surface area contributed by atoms with Gasteiger partial charge in [0.05, 0.1) is 5.52 Å². The van der Waals surface area contributed by atoms with E-state index in [4.69, 9.17) is 4.74 Å². The molecule has 186 valence electrons. The van der Waals surface area contributed by atoms with Crippen LogP contribution in [0.1, 0.15) is 28.7 Å². The van der Waals surface area contributed by atoms with Gasteiger partial charge >= 0.3 is 0 Å². The van der Waals surface area contributed by atoms with E-state index in [1.54, 1.807) is 6.07 Å². The van der Waals surface area contributed by atoms with Crippen molar-refractivity contribution in [3.8, 4) is 5.75 Å². The van der Waals surface area contributed by atoms with Crippen LogP contribution in [0, 0.1) is 6.92 Å². The number of rotatable bonds is 8. The maximum atomic E-state index is 12.1. The van der Waals surface area contributed by atoms with Gasteiger partial charge in [-0.05, 0) is 61.7 Å². The summed E-state index contributed by atoms with van der Waals surface area (Å²) >= 11 is 0. The van der Waals surface area contributed by atoms with Crippen LogP contribution in [-0.4, -0.2) is 47.5 Å². The number of pyridine rings is 1. The average molecular weight is 482 g/mol. The summed E-state index contributed by atoms with van der Waals surface area (Å²) in [6.07, 6.45) is 2.13. The van der Waals surface area contributed by atoms with Crippen molar-refractivity contribution in [3.63, 3.8) is 0 Å². The summed E-state index contributed by atoms with van der Waals surface area (Å²) in [6, 6.07) is 26.7. The molecule has 1 aliphatic rings. The van der Waals surface area contributed by atoms with E-state index in [9.17, 15) is 4.79 Å². The summed E-state index contributed by atoms with van der Waals surface area (Å²) in [5.74, 6) is 0.719. The highest BCUT2D eigenvalue weighted by Gasteiger charge is 2.16. The lowest BCUT2D eigenvalue weighted by atomic mass is 10.0. The molecule has 0 spiro atoms. The van der Waals surface area contributed by atoms with Gasteiger partial charge in [0.15, 0.2) is 0 Å². The van der Waals surface area contributed by atoms with Gasteiger partial charge < -0.3 is 14.6 Å². The van der Waals surface area contributed by atoms with Gasteiger partial charge in [-0.15, -0.1) is 0 Å². The summed E-state index contributed by atoms with van der Waals surface area (Å²) in [6.45, 7) is 9.08. The second kappa shape index (κ2) is 11.5. The number of nitrogens with zero attached hydrogens (tertiary/aromatic N) is 2. The number of hydrogen-bond donors (Lipinski definition) is 1. The largest absolute Gasteiger partial charge is 0.487 e. The van der Waals surface area contributed by atoms with E-state index in [0.29, 0.717) is 6.61 Å². The fourth-order valence-corrected chi connectivity index (χ4v) is 5.00. The van der Waals surface area contributed by atoms with Crippen LogP contribution in [0.2, 0.25) is 0 Å². The molecule has 0 unspecified atom stereocenters. The monoisotopic (exact) mass is 481 g/mol. The van der Waals surface area contributed by atoms with Gasteiger partial charge in [-0.25, -0.2) is 0 Å². The number of hydrogen-bond acceptors (Lipinski definition) is 4. The highest BCUT2D eigenvalue weighted by molar-refractivity contribution is 5.87. The topological polar surface area (TPSA) is 48.6 Å². The predicted molar refractivity (Wildman–Crippen MR) is 147 cm³/mol. The Morgan fingerprint density at radius 2 is 1.58 bits per heavy atom. The maximum absolute atomic E-state index is 12.1. The van der Waals surface area contributed by atoms with Crippen LogP contribution in [-0.2, 0) is 19.6 Å². The van der Waals surface area contributed by atoms with Crippen molar-refractivity contribution in [2.75, 3.05) is 32.7 Å². The molecule has 0 atom stereocenters. The molecule has 3 aromatic carbocycles. The summed E-state index contributed by atoms with van der Waals surface area (Å²) in [5, 5.41) is 1.07. The summed E-state index contributed by atoms with van der Waals surface area (Å²) in [7, 11) is 0. The molecule has 0 radical (unpaired) electrons. The molecule has 0 bridgehead atoms. The number of aryl methyl sites for hydroxylation is 1. The van der Waals surface area contributed by atoms with Crippen LogP contribution >= 0.6 is 0 Å². The second-order valence-electron chi connectivity index (χ2n) is 9.82. The van der Waals surface area contributed by atoms with Gasteiger partial charge in [-0.1, -0.05) is 66.2 Å². The molecule has 1 fully saturated rings. The van der Waals surface area contributed by atoms with Crippen molar-refractivity contribution in [3.05, 3.63) is 111 Å². The van der Waals surface area contributed by atoms with Gasteiger partial charge in [0.1, 0.15) is 12.4 Å². The summed E-state index contributed by atoms with van der Waals surface area (Å²) < 4.78 is 6.11. The SMILES string of the molecule is Cc1ccc(CN2CCCN(CCc3ccc(OCc4ccccc4)c4[nH]c(=O)ccc34)CC2)cc1. The zero-order valence-electron chi connectivity index (χ0n) is 21.1. The number of aromatic nitrogens is 1. The van der Waals surface area contributed by atoms with E-state index in [0.717, 1.165) is 67.9 Å². The van der Waals surface area contributed by atoms with Gasteiger partial charge in [-0.3, -0.25) is 9.69 Å². The molecule has 1 N–H and O–H groups in total.